The Labute approximate surface area is 113 Å². The van der Waals surface area contributed by atoms with Gasteiger partial charge in [0.25, 0.3) is 5.91 Å². The highest BCUT2D eigenvalue weighted by atomic mass is 16.3. The number of carbonyl (C=O) groups is 1. The van der Waals surface area contributed by atoms with Gasteiger partial charge in [0, 0.05) is 6.20 Å². The molecule has 0 saturated heterocycles. The summed E-state index contributed by atoms with van der Waals surface area (Å²) in [5.74, 6) is -0.340. The van der Waals surface area contributed by atoms with Gasteiger partial charge in [-0.05, 0) is 24.0 Å². The fourth-order valence-corrected chi connectivity index (χ4v) is 1.75. The van der Waals surface area contributed by atoms with Crippen molar-refractivity contribution in [3.63, 3.8) is 0 Å². The van der Waals surface area contributed by atoms with Crippen LogP contribution in [-0.4, -0.2) is 28.6 Å². The highest BCUT2D eigenvalue weighted by Gasteiger charge is 2.20. The monoisotopic (exact) mass is 261 g/mol. The van der Waals surface area contributed by atoms with Crippen LogP contribution in [0, 0.1) is 16.7 Å². The number of aromatic nitrogens is 1. The van der Waals surface area contributed by atoms with Gasteiger partial charge in [-0.1, -0.05) is 20.8 Å². The van der Waals surface area contributed by atoms with E-state index < -0.39 is 0 Å². The van der Waals surface area contributed by atoms with Crippen LogP contribution in [0.2, 0.25) is 0 Å². The van der Waals surface area contributed by atoms with Crippen molar-refractivity contribution in [3.8, 4) is 6.07 Å². The topological polar surface area (TPSA) is 86.0 Å². The van der Waals surface area contributed by atoms with Gasteiger partial charge in [0.15, 0.2) is 0 Å². The molecule has 1 amide bonds. The molecular weight excluding hydrogens is 242 g/mol. The maximum atomic E-state index is 11.9. The van der Waals surface area contributed by atoms with Gasteiger partial charge in [-0.3, -0.25) is 4.79 Å². The van der Waals surface area contributed by atoms with Crippen molar-refractivity contribution in [3.05, 3.63) is 29.6 Å². The Morgan fingerprint density at radius 3 is 2.63 bits per heavy atom. The molecule has 0 fully saturated rings. The molecule has 1 aromatic heterocycles. The quantitative estimate of drug-likeness (QED) is 0.859. The lowest BCUT2D eigenvalue weighted by Gasteiger charge is -2.25. The molecule has 1 rings (SSSR count). The minimum absolute atomic E-state index is 0.0127. The van der Waals surface area contributed by atoms with Crippen molar-refractivity contribution in [1.82, 2.24) is 10.3 Å². The predicted octanol–water partition coefficient (Wildman–Crippen LogP) is 1.48. The van der Waals surface area contributed by atoms with Crippen LogP contribution in [0.4, 0.5) is 0 Å². The number of amides is 1. The first kappa shape index (κ1) is 15.1. The maximum absolute atomic E-state index is 11.9. The van der Waals surface area contributed by atoms with Gasteiger partial charge in [-0.25, -0.2) is 4.98 Å². The summed E-state index contributed by atoms with van der Waals surface area (Å²) in [6.07, 6.45) is 2.03. The summed E-state index contributed by atoms with van der Waals surface area (Å²) in [5.41, 5.74) is 0.662. The van der Waals surface area contributed by atoms with Gasteiger partial charge in [0.2, 0.25) is 0 Å². The van der Waals surface area contributed by atoms with Crippen LogP contribution in [0.5, 0.6) is 0 Å². The second-order valence-corrected chi connectivity index (χ2v) is 5.66. The average Bonchev–Trinajstić information content (AvgIpc) is 2.36. The molecule has 5 heteroatoms. The molecule has 0 radical (unpaired) electrons. The molecule has 1 atom stereocenters. The Morgan fingerprint density at radius 2 is 2.21 bits per heavy atom. The standard InChI is InChI=1S/C14H19N3O2/c1-14(2,3)6-11(9-18)17-13(19)12-5-4-10(7-15)8-16-12/h4-5,8,11,18H,6,9H2,1-3H3,(H,17,19)/t11-/m0/s1. The van der Waals surface area contributed by atoms with E-state index in [9.17, 15) is 9.90 Å². The van der Waals surface area contributed by atoms with Gasteiger partial charge < -0.3 is 10.4 Å². The molecule has 1 heterocycles. The van der Waals surface area contributed by atoms with Crippen molar-refractivity contribution < 1.29 is 9.90 Å². The zero-order valence-corrected chi connectivity index (χ0v) is 11.5. The van der Waals surface area contributed by atoms with E-state index in [4.69, 9.17) is 5.26 Å². The molecule has 19 heavy (non-hydrogen) atoms. The number of pyridine rings is 1. The molecule has 5 nitrogen and oxygen atoms in total. The minimum atomic E-state index is -0.340. The highest BCUT2D eigenvalue weighted by Crippen LogP contribution is 2.20. The van der Waals surface area contributed by atoms with E-state index >= 15 is 0 Å². The summed E-state index contributed by atoms with van der Waals surface area (Å²) in [7, 11) is 0. The molecule has 102 valence electrons. The van der Waals surface area contributed by atoms with E-state index in [0.29, 0.717) is 12.0 Å². The van der Waals surface area contributed by atoms with Gasteiger partial charge in [-0.15, -0.1) is 0 Å². The zero-order chi connectivity index (χ0) is 14.5. The third-order valence-corrected chi connectivity index (χ3v) is 2.54. The van der Waals surface area contributed by atoms with Crippen LogP contribution >= 0.6 is 0 Å². The lowest BCUT2D eigenvalue weighted by Crippen LogP contribution is -2.40. The van der Waals surface area contributed by atoms with Gasteiger partial charge in [0.05, 0.1) is 18.2 Å². The normalized spacial score (nSPS) is 12.6. The van der Waals surface area contributed by atoms with Crippen LogP contribution in [0.25, 0.3) is 0 Å². The number of carbonyl (C=O) groups excluding carboxylic acids is 1. The van der Waals surface area contributed by atoms with E-state index in [1.807, 2.05) is 26.8 Å². The first-order chi connectivity index (χ1) is 8.85. The molecule has 0 unspecified atom stereocenters. The van der Waals surface area contributed by atoms with Crippen molar-refractivity contribution in [2.75, 3.05) is 6.61 Å². The summed E-state index contributed by atoms with van der Waals surface area (Å²) >= 11 is 0. The number of nitrogens with zero attached hydrogens (tertiary/aromatic N) is 2. The molecule has 0 saturated carbocycles. The molecule has 0 bridgehead atoms. The number of nitriles is 1. The minimum Gasteiger partial charge on any atom is -0.394 e. The average molecular weight is 261 g/mol. The van der Waals surface area contributed by atoms with E-state index in [1.54, 1.807) is 6.07 Å². The predicted molar refractivity (Wildman–Crippen MR) is 71.4 cm³/mol. The number of aliphatic hydroxyl groups is 1. The van der Waals surface area contributed by atoms with Crippen molar-refractivity contribution >= 4 is 5.91 Å². The molecule has 1 aromatic rings. The first-order valence-corrected chi connectivity index (χ1v) is 6.13. The number of hydrogen-bond donors (Lipinski definition) is 2. The lowest BCUT2D eigenvalue weighted by molar-refractivity contribution is 0.0892. The molecule has 0 spiro atoms. The number of rotatable bonds is 4. The van der Waals surface area contributed by atoms with Gasteiger partial charge >= 0.3 is 0 Å². The second kappa shape index (κ2) is 6.30. The zero-order valence-electron chi connectivity index (χ0n) is 11.5. The largest absolute Gasteiger partial charge is 0.394 e. The fraction of sp³-hybridized carbons (Fsp3) is 0.500. The van der Waals surface area contributed by atoms with Gasteiger partial charge in [-0.2, -0.15) is 5.26 Å². The van der Waals surface area contributed by atoms with Crippen LogP contribution < -0.4 is 5.32 Å². The molecule has 0 aliphatic heterocycles. The van der Waals surface area contributed by atoms with Gasteiger partial charge in [0.1, 0.15) is 11.8 Å². The number of aliphatic hydroxyl groups excluding tert-OH is 1. The van der Waals surface area contributed by atoms with Crippen LogP contribution in [0.15, 0.2) is 18.3 Å². The van der Waals surface area contributed by atoms with Crippen LogP contribution in [-0.2, 0) is 0 Å². The van der Waals surface area contributed by atoms with E-state index in [0.717, 1.165) is 0 Å². The number of hydrogen-bond acceptors (Lipinski definition) is 4. The van der Waals surface area contributed by atoms with Crippen molar-refractivity contribution in [2.24, 2.45) is 5.41 Å². The Balaban J connectivity index is 2.69. The smallest absolute Gasteiger partial charge is 0.270 e. The van der Waals surface area contributed by atoms with E-state index in [2.05, 4.69) is 10.3 Å². The third-order valence-electron chi connectivity index (χ3n) is 2.54. The van der Waals surface area contributed by atoms with Crippen molar-refractivity contribution in [2.45, 2.75) is 33.2 Å². The molecule has 0 aliphatic carbocycles. The van der Waals surface area contributed by atoms with E-state index in [1.165, 1.54) is 12.3 Å². The summed E-state index contributed by atoms with van der Waals surface area (Å²) in [4.78, 5) is 15.8. The Bertz CT molecular complexity index is 469. The second-order valence-electron chi connectivity index (χ2n) is 5.66. The van der Waals surface area contributed by atoms with Crippen molar-refractivity contribution in [1.29, 1.82) is 5.26 Å². The van der Waals surface area contributed by atoms with Crippen LogP contribution in [0.3, 0.4) is 0 Å². The Morgan fingerprint density at radius 1 is 1.53 bits per heavy atom. The van der Waals surface area contributed by atoms with E-state index in [-0.39, 0.29) is 29.7 Å². The summed E-state index contributed by atoms with van der Waals surface area (Å²) < 4.78 is 0. The SMILES string of the molecule is CC(C)(C)C[C@@H](CO)NC(=O)c1ccc(C#N)cn1. The highest BCUT2D eigenvalue weighted by molar-refractivity contribution is 5.92. The molecule has 0 aliphatic rings. The summed E-state index contributed by atoms with van der Waals surface area (Å²) in [6, 6.07) is 4.68. The summed E-state index contributed by atoms with van der Waals surface area (Å²) in [5, 5.41) is 20.7. The van der Waals surface area contributed by atoms with Crippen LogP contribution in [0.1, 0.15) is 43.2 Å². The number of nitrogens with one attached hydrogen (secondary N) is 1. The molecule has 2 N–H and O–H groups in total. The summed E-state index contributed by atoms with van der Waals surface area (Å²) in [6.45, 7) is 6.02. The first-order valence-electron chi connectivity index (χ1n) is 6.13. The third kappa shape index (κ3) is 5.06. The lowest BCUT2D eigenvalue weighted by atomic mass is 9.88. The fourth-order valence-electron chi connectivity index (χ4n) is 1.75. The Hall–Kier alpha value is -1.93. The molecular formula is C14H19N3O2. The Kier molecular flexibility index (Phi) is 5.02. The molecule has 0 aromatic carbocycles. The maximum Gasteiger partial charge on any atom is 0.270 e.